The summed E-state index contributed by atoms with van der Waals surface area (Å²) in [5.74, 6) is 0.0170. The van der Waals surface area contributed by atoms with Crippen LogP contribution in [-0.4, -0.2) is 17.0 Å². The lowest BCUT2D eigenvalue weighted by Gasteiger charge is -2.07. The first-order valence-electron chi connectivity index (χ1n) is 5.64. The Morgan fingerprint density at radius 3 is 2.28 bits per heavy atom. The van der Waals surface area contributed by atoms with E-state index >= 15 is 0 Å². The third-order valence-corrected chi connectivity index (χ3v) is 2.50. The molecule has 18 heavy (non-hydrogen) atoms. The van der Waals surface area contributed by atoms with Gasteiger partial charge in [-0.2, -0.15) is 0 Å². The third kappa shape index (κ3) is 2.61. The Balaban J connectivity index is 2.55. The molecule has 0 aliphatic heterocycles. The molecule has 3 nitrogen and oxygen atoms in total. The van der Waals surface area contributed by atoms with Crippen LogP contribution in [0, 0.1) is 11.6 Å². The highest BCUT2D eigenvalue weighted by molar-refractivity contribution is 5.62. The lowest BCUT2D eigenvalue weighted by Crippen LogP contribution is -2.01. The van der Waals surface area contributed by atoms with Gasteiger partial charge in [0.1, 0.15) is 23.3 Å². The summed E-state index contributed by atoms with van der Waals surface area (Å²) in [6, 6.07) is 5.01. The average molecular weight is 249 g/mol. The van der Waals surface area contributed by atoms with Crippen LogP contribution in [0.2, 0.25) is 0 Å². The second kappa shape index (κ2) is 5.08. The summed E-state index contributed by atoms with van der Waals surface area (Å²) < 4.78 is 26.4. The van der Waals surface area contributed by atoms with E-state index in [0.29, 0.717) is 29.3 Å². The van der Waals surface area contributed by atoms with Gasteiger partial charge in [-0.1, -0.05) is 6.92 Å². The fourth-order valence-corrected chi connectivity index (χ4v) is 1.63. The van der Waals surface area contributed by atoms with Crippen molar-refractivity contribution in [2.75, 3.05) is 12.4 Å². The molecular weight excluding hydrogens is 236 g/mol. The van der Waals surface area contributed by atoms with Crippen LogP contribution < -0.4 is 5.32 Å². The lowest BCUT2D eigenvalue weighted by molar-refractivity contribution is 0.584. The molecule has 0 atom stereocenters. The van der Waals surface area contributed by atoms with E-state index in [1.807, 2.05) is 6.92 Å². The number of aryl methyl sites for hydroxylation is 1. The van der Waals surface area contributed by atoms with Gasteiger partial charge >= 0.3 is 0 Å². The fraction of sp³-hybridized carbons (Fsp3) is 0.231. The summed E-state index contributed by atoms with van der Waals surface area (Å²) in [6.07, 6.45) is 0.653. The third-order valence-electron chi connectivity index (χ3n) is 2.50. The predicted octanol–water partition coefficient (Wildman–Crippen LogP) is 3.03. The second-order valence-corrected chi connectivity index (χ2v) is 3.82. The van der Waals surface area contributed by atoms with Crippen molar-refractivity contribution in [3.05, 3.63) is 41.7 Å². The Hall–Kier alpha value is -2.04. The molecule has 0 fully saturated rings. The molecule has 0 aliphatic carbocycles. The van der Waals surface area contributed by atoms with Gasteiger partial charge in [-0.25, -0.2) is 18.7 Å². The summed E-state index contributed by atoms with van der Waals surface area (Å²) in [4.78, 5) is 8.50. The van der Waals surface area contributed by atoms with Gasteiger partial charge in [-0.15, -0.1) is 0 Å². The number of hydrogen-bond donors (Lipinski definition) is 1. The molecule has 1 aromatic carbocycles. The van der Waals surface area contributed by atoms with Gasteiger partial charge < -0.3 is 5.32 Å². The molecule has 0 unspecified atom stereocenters. The summed E-state index contributed by atoms with van der Waals surface area (Å²) in [6.45, 7) is 1.92. The van der Waals surface area contributed by atoms with E-state index in [9.17, 15) is 8.78 Å². The first-order chi connectivity index (χ1) is 8.62. The quantitative estimate of drug-likeness (QED) is 0.908. The van der Waals surface area contributed by atoms with Crippen molar-refractivity contribution in [2.24, 2.45) is 0 Å². The molecule has 2 aromatic rings. The maximum Gasteiger partial charge on any atom is 0.131 e. The summed E-state index contributed by atoms with van der Waals surface area (Å²) in [5.41, 5.74) is 0.908. The van der Waals surface area contributed by atoms with Crippen molar-refractivity contribution >= 4 is 5.82 Å². The van der Waals surface area contributed by atoms with Crippen LogP contribution in [0.25, 0.3) is 11.3 Å². The van der Waals surface area contributed by atoms with Crippen molar-refractivity contribution in [1.82, 2.24) is 9.97 Å². The van der Waals surface area contributed by atoms with Crippen molar-refractivity contribution in [2.45, 2.75) is 13.3 Å². The monoisotopic (exact) mass is 249 g/mol. The van der Waals surface area contributed by atoms with Gasteiger partial charge in [0.25, 0.3) is 0 Å². The van der Waals surface area contributed by atoms with Gasteiger partial charge in [-0.3, -0.25) is 0 Å². The number of nitrogens with one attached hydrogen (secondary N) is 1. The van der Waals surface area contributed by atoms with Crippen LogP contribution in [-0.2, 0) is 6.42 Å². The van der Waals surface area contributed by atoms with Gasteiger partial charge in [0.2, 0.25) is 0 Å². The minimum atomic E-state index is -0.618. The zero-order valence-electron chi connectivity index (χ0n) is 10.2. The van der Waals surface area contributed by atoms with Crippen molar-refractivity contribution in [1.29, 1.82) is 0 Å². The van der Waals surface area contributed by atoms with Gasteiger partial charge in [-0.05, 0) is 12.1 Å². The topological polar surface area (TPSA) is 37.8 Å². The maximum absolute atomic E-state index is 13.2. The lowest BCUT2D eigenvalue weighted by atomic mass is 10.1. The molecule has 2 rings (SSSR count). The minimum Gasteiger partial charge on any atom is -0.373 e. The van der Waals surface area contributed by atoms with Crippen LogP contribution in [0.4, 0.5) is 14.6 Å². The molecule has 0 saturated carbocycles. The highest BCUT2D eigenvalue weighted by atomic mass is 19.1. The fourth-order valence-electron chi connectivity index (χ4n) is 1.63. The van der Waals surface area contributed by atoms with E-state index < -0.39 is 11.6 Å². The Bertz CT molecular complexity index is 528. The normalized spacial score (nSPS) is 10.4. The van der Waals surface area contributed by atoms with Crippen molar-refractivity contribution in [3.8, 4) is 11.3 Å². The van der Waals surface area contributed by atoms with E-state index in [-0.39, 0.29) is 0 Å². The van der Waals surface area contributed by atoms with Gasteiger partial charge in [0, 0.05) is 31.2 Å². The van der Waals surface area contributed by atoms with E-state index in [2.05, 4.69) is 15.3 Å². The molecule has 5 heteroatoms. The number of nitrogens with zero attached hydrogens (tertiary/aromatic N) is 2. The minimum absolute atomic E-state index is 0.404. The molecule has 0 saturated heterocycles. The highest BCUT2D eigenvalue weighted by Gasteiger charge is 2.08. The highest BCUT2D eigenvalue weighted by Crippen LogP contribution is 2.22. The summed E-state index contributed by atoms with van der Waals surface area (Å²) in [5, 5.41) is 2.90. The summed E-state index contributed by atoms with van der Waals surface area (Å²) in [7, 11) is 1.73. The van der Waals surface area contributed by atoms with Crippen LogP contribution in [0.1, 0.15) is 12.7 Å². The molecule has 1 N–H and O–H groups in total. The van der Waals surface area contributed by atoms with Crippen LogP contribution >= 0.6 is 0 Å². The molecule has 0 amide bonds. The largest absolute Gasteiger partial charge is 0.373 e. The Kier molecular flexibility index (Phi) is 3.50. The van der Waals surface area contributed by atoms with Crippen LogP contribution in [0.3, 0.4) is 0 Å². The zero-order chi connectivity index (χ0) is 13.1. The summed E-state index contributed by atoms with van der Waals surface area (Å²) >= 11 is 0. The number of benzene rings is 1. The smallest absolute Gasteiger partial charge is 0.131 e. The molecule has 0 aliphatic rings. The van der Waals surface area contributed by atoms with Gasteiger partial charge in [0.05, 0.1) is 5.69 Å². The van der Waals surface area contributed by atoms with Crippen LogP contribution in [0.5, 0.6) is 0 Å². The average Bonchev–Trinajstić information content (AvgIpc) is 2.37. The Labute approximate surface area is 104 Å². The predicted molar refractivity (Wildman–Crippen MR) is 66.3 cm³/mol. The standard InChI is InChI=1S/C13H13F2N3/c1-3-12-17-11(7-13(16-2)18-12)8-4-9(14)6-10(15)5-8/h4-7H,3H2,1-2H3,(H,16,17,18). The van der Waals surface area contributed by atoms with E-state index in [0.717, 1.165) is 6.07 Å². The number of aromatic nitrogens is 2. The maximum atomic E-state index is 13.2. The molecule has 94 valence electrons. The number of rotatable bonds is 3. The molecule has 1 heterocycles. The van der Waals surface area contributed by atoms with E-state index in [1.165, 1.54) is 12.1 Å². The second-order valence-electron chi connectivity index (χ2n) is 3.82. The van der Waals surface area contributed by atoms with Crippen molar-refractivity contribution in [3.63, 3.8) is 0 Å². The first kappa shape index (κ1) is 12.4. The number of halogens is 2. The number of anilines is 1. The van der Waals surface area contributed by atoms with E-state index in [1.54, 1.807) is 13.1 Å². The number of hydrogen-bond acceptors (Lipinski definition) is 3. The van der Waals surface area contributed by atoms with Crippen molar-refractivity contribution < 1.29 is 8.78 Å². The SMILES string of the molecule is CCc1nc(NC)cc(-c2cc(F)cc(F)c2)n1. The molecule has 0 spiro atoms. The zero-order valence-corrected chi connectivity index (χ0v) is 10.2. The van der Waals surface area contributed by atoms with Crippen LogP contribution in [0.15, 0.2) is 24.3 Å². The Morgan fingerprint density at radius 1 is 1.06 bits per heavy atom. The Morgan fingerprint density at radius 2 is 1.72 bits per heavy atom. The molecular formula is C13H13F2N3. The molecule has 0 radical (unpaired) electrons. The molecule has 0 bridgehead atoms. The molecule has 1 aromatic heterocycles. The van der Waals surface area contributed by atoms with Gasteiger partial charge in [0.15, 0.2) is 0 Å². The first-order valence-corrected chi connectivity index (χ1v) is 5.64. The van der Waals surface area contributed by atoms with E-state index in [4.69, 9.17) is 0 Å².